The molecule has 1 atom stereocenters. The summed E-state index contributed by atoms with van der Waals surface area (Å²) in [5.41, 5.74) is 1.33. The molecule has 0 radical (unpaired) electrons. The van der Waals surface area contributed by atoms with Crippen LogP contribution in [0, 0.1) is 0 Å². The van der Waals surface area contributed by atoms with Crippen molar-refractivity contribution in [3.05, 3.63) is 66.3 Å². The molecule has 4 aromatic rings. The highest BCUT2D eigenvalue weighted by Gasteiger charge is 2.36. The molecular formula is C27H30N4O2S2. The molecular weight excluding hydrogens is 476 g/mol. The van der Waals surface area contributed by atoms with Crippen LogP contribution in [0.25, 0.3) is 20.9 Å². The highest BCUT2D eigenvalue weighted by atomic mass is 32.2. The number of thiophene rings is 1. The molecule has 6 rings (SSSR count). The Morgan fingerprint density at radius 2 is 1.77 bits per heavy atom. The molecule has 0 spiro atoms. The van der Waals surface area contributed by atoms with Crippen molar-refractivity contribution in [1.29, 1.82) is 0 Å². The Kier molecular flexibility index (Phi) is 6.22. The summed E-state index contributed by atoms with van der Waals surface area (Å²) in [5.74, 6) is 0. The molecule has 6 nitrogen and oxygen atoms in total. The Morgan fingerprint density at radius 1 is 0.914 bits per heavy atom. The van der Waals surface area contributed by atoms with Crippen molar-refractivity contribution >= 4 is 47.9 Å². The second-order valence-electron chi connectivity index (χ2n) is 9.50. The minimum Gasteiger partial charge on any atom is -0.368 e. The third-order valence-corrected chi connectivity index (χ3v) is 10.4. The molecule has 0 unspecified atom stereocenters. The van der Waals surface area contributed by atoms with Gasteiger partial charge < -0.3 is 4.90 Å². The zero-order valence-electron chi connectivity index (χ0n) is 19.7. The van der Waals surface area contributed by atoms with Crippen LogP contribution >= 0.6 is 11.3 Å². The molecule has 0 saturated carbocycles. The van der Waals surface area contributed by atoms with E-state index in [0.717, 1.165) is 62.8 Å². The van der Waals surface area contributed by atoms with E-state index in [2.05, 4.69) is 44.4 Å². The first-order valence-corrected chi connectivity index (χ1v) is 14.7. The quantitative estimate of drug-likeness (QED) is 0.376. The van der Waals surface area contributed by atoms with Crippen LogP contribution < -0.4 is 4.90 Å². The summed E-state index contributed by atoms with van der Waals surface area (Å²) in [4.78, 5) is 9.54. The molecule has 35 heavy (non-hydrogen) atoms. The van der Waals surface area contributed by atoms with E-state index in [0.29, 0.717) is 11.4 Å². The summed E-state index contributed by atoms with van der Waals surface area (Å²) in [7, 11) is -3.58. The number of anilines is 1. The lowest BCUT2D eigenvalue weighted by Gasteiger charge is -2.37. The molecule has 2 aromatic heterocycles. The molecule has 0 amide bonds. The predicted molar refractivity (Wildman–Crippen MR) is 144 cm³/mol. The van der Waals surface area contributed by atoms with Gasteiger partial charge in [0.1, 0.15) is 4.90 Å². The van der Waals surface area contributed by atoms with E-state index >= 15 is 0 Å². The highest BCUT2D eigenvalue weighted by Crippen LogP contribution is 2.33. The van der Waals surface area contributed by atoms with E-state index in [1.807, 2.05) is 24.3 Å². The van der Waals surface area contributed by atoms with Crippen LogP contribution in [0.4, 0.5) is 5.69 Å². The van der Waals surface area contributed by atoms with Gasteiger partial charge in [-0.2, -0.15) is 4.31 Å². The number of rotatable bonds is 6. The fraction of sp³-hybridized carbons (Fsp3) is 0.370. The lowest BCUT2D eigenvalue weighted by atomic mass is 10.1. The number of fused-ring (bicyclic) bond motifs is 2. The number of piperazine rings is 1. The summed E-state index contributed by atoms with van der Waals surface area (Å²) < 4.78 is 30.4. The van der Waals surface area contributed by atoms with Crippen LogP contribution in [-0.2, 0) is 10.0 Å². The number of hydrogen-bond donors (Lipinski definition) is 0. The summed E-state index contributed by atoms with van der Waals surface area (Å²) in [6.45, 7) is 5.54. The van der Waals surface area contributed by atoms with Gasteiger partial charge in [0.15, 0.2) is 0 Å². The molecule has 0 N–H and O–H groups in total. The smallest absolute Gasteiger partial charge is 0.245 e. The van der Waals surface area contributed by atoms with Gasteiger partial charge in [0, 0.05) is 77.7 Å². The molecule has 2 aliphatic rings. The van der Waals surface area contributed by atoms with Crippen molar-refractivity contribution in [2.75, 3.05) is 44.2 Å². The topological polar surface area (TPSA) is 56.8 Å². The second-order valence-corrected chi connectivity index (χ2v) is 12.3. The molecule has 2 saturated heterocycles. The van der Waals surface area contributed by atoms with Gasteiger partial charge in [-0.15, -0.1) is 11.3 Å². The van der Waals surface area contributed by atoms with Gasteiger partial charge in [-0.3, -0.25) is 9.88 Å². The SMILES string of the molecule is O=S(=O)(c1cncc2ccccc12)N1CCC[C@@H]1CCN1CCN(c2cccc3sccc23)CC1. The largest absolute Gasteiger partial charge is 0.368 e. The highest BCUT2D eigenvalue weighted by molar-refractivity contribution is 7.89. The average molecular weight is 507 g/mol. The van der Waals surface area contributed by atoms with Crippen LogP contribution in [0.3, 0.4) is 0 Å². The monoisotopic (exact) mass is 506 g/mol. The normalized spacial score (nSPS) is 20.2. The standard InChI is InChI=1S/C27H30N4O2S2/c32-35(33,27-20-28-19-21-5-1-2-7-23(21)27)31-12-4-6-22(31)10-13-29-14-16-30(17-15-29)25-8-3-9-26-24(25)11-18-34-26/h1-3,5,7-9,11,18-20,22H,4,6,10,12-17H2/t22-/m1/s1. The average Bonchev–Trinajstić information content (AvgIpc) is 3.57. The van der Waals surface area contributed by atoms with E-state index in [1.165, 1.54) is 22.0 Å². The van der Waals surface area contributed by atoms with Crippen LogP contribution in [0.2, 0.25) is 0 Å². The van der Waals surface area contributed by atoms with Crippen molar-refractivity contribution in [3.63, 3.8) is 0 Å². The third kappa shape index (κ3) is 4.33. The van der Waals surface area contributed by atoms with Crippen LogP contribution in [0.5, 0.6) is 0 Å². The van der Waals surface area contributed by atoms with Gasteiger partial charge in [0.25, 0.3) is 0 Å². The Morgan fingerprint density at radius 3 is 2.66 bits per heavy atom. The maximum atomic E-state index is 13.7. The van der Waals surface area contributed by atoms with Crippen molar-refractivity contribution < 1.29 is 8.42 Å². The molecule has 2 aromatic carbocycles. The van der Waals surface area contributed by atoms with E-state index < -0.39 is 10.0 Å². The molecule has 2 fully saturated rings. The second kappa shape index (κ2) is 9.50. The number of aromatic nitrogens is 1. The summed E-state index contributed by atoms with van der Waals surface area (Å²) in [6, 6.07) is 16.5. The van der Waals surface area contributed by atoms with Crippen molar-refractivity contribution in [2.45, 2.75) is 30.2 Å². The van der Waals surface area contributed by atoms with Crippen molar-refractivity contribution in [3.8, 4) is 0 Å². The van der Waals surface area contributed by atoms with E-state index in [1.54, 1.807) is 21.8 Å². The van der Waals surface area contributed by atoms with Gasteiger partial charge in [-0.25, -0.2) is 8.42 Å². The minimum absolute atomic E-state index is 0.0524. The number of hydrogen-bond acceptors (Lipinski definition) is 6. The fourth-order valence-electron chi connectivity index (χ4n) is 5.63. The Balaban J connectivity index is 1.11. The minimum atomic E-state index is -3.58. The lowest BCUT2D eigenvalue weighted by molar-refractivity contribution is 0.232. The number of nitrogens with zero attached hydrogens (tertiary/aromatic N) is 4. The lowest BCUT2D eigenvalue weighted by Crippen LogP contribution is -2.47. The number of pyridine rings is 1. The fourth-order valence-corrected chi connectivity index (χ4v) is 8.32. The Hall–Kier alpha value is -2.52. The van der Waals surface area contributed by atoms with Crippen molar-refractivity contribution in [1.82, 2.24) is 14.2 Å². The van der Waals surface area contributed by atoms with Gasteiger partial charge >= 0.3 is 0 Å². The summed E-state index contributed by atoms with van der Waals surface area (Å²) in [6.07, 6.45) is 5.96. The summed E-state index contributed by atoms with van der Waals surface area (Å²) >= 11 is 1.79. The van der Waals surface area contributed by atoms with Gasteiger partial charge in [-0.1, -0.05) is 30.3 Å². The first kappa shape index (κ1) is 22.9. The van der Waals surface area contributed by atoms with E-state index in [4.69, 9.17) is 0 Å². The summed E-state index contributed by atoms with van der Waals surface area (Å²) in [5, 5.41) is 5.13. The van der Waals surface area contributed by atoms with E-state index in [-0.39, 0.29) is 6.04 Å². The predicted octanol–water partition coefficient (Wildman–Crippen LogP) is 4.81. The third-order valence-electron chi connectivity index (χ3n) is 7.51. The van der Waals surface area contributed by atoms with Crippen LogP contribution in [0.1, 0.15) is 19.3 Å². The molecule has 4 heterocycles. The van der Waals surface area contributed by atoms with Crippen LogP contribution in [-0.4, -0.2) is 67.9 Å². The maximum absolute atomic E-state index is 13.7. The molecule has 0 bridgehead atoms. The molecule has 8 heteroatoms. The maximum Gasteiger partial charge on any atom is 0.245 e. The molecule has 0 aliphatic carbocycles. The van der Waals surface area contributed by atoms with Gasteiger partial charge in [0.05, 0.1) is 0 Å². The Labute approximate surface area is 210 Å². The van der Waals surface area contributed by atoms with Crippen molar-refractivity contribution in [2.24, 2.45) is 0 Å². The first-order valence-electron chi connectivity index (χ1n) is 12.4. The zero-order chi connectivity index (χ0) is 23.8. The van der Waals surface area contributed by atoms with Gasteiger partial charge in [-0.05, 0) is 49.4 Å². The molecule has 2 aliphatic heterocycles. The van der Waals surface area contributed by atoms with Crippen LogP contribution in [0.15, 0.2) is 71.2 Å². The van der Waals surface area contributed by atoms with E-state index in [9.17, 15) is 8.42 Å². The number of sulfonamides is 1. The Bertz CT molecular complexity index is 1440. The van der Waals surface area contributed by atoms with Gasteiger partial charge in [0.2, 0.25) is 10.0 Å². The first-order chi connectivity index (χ1) is 17.1. The zero-order valence-corrected chi connectivity index (χ0v) is 21.3. The molecule has 182 valence electrons. The number of benzene rings is 2.